The van der Waals surface area contributed by atoms with E-state index in [4.69, 9.17) is 11.6 Å². The Morgan fingerprint density at radius 2 is 1.90 bits per heavy atom. The zero-order valence-electron chi connectivity index (χ0n) is 11.5. The predicted molar refractivity (Wildman–Crippen MR) is 80.2 cm³/mol. The van der Waals surface area contributed by atoms with Gasteiger partial charge in [0, 0.05) is 16.8 Å². The number of aliphatic hydroxyl groups is 1. The lowest BCUT2D eigenvalue weighted by Gasteiger charge is -2.14. The zero-order chi connectivity index (χ0) is 15.4. The van der Waals surface area contributed by atoms with Gasteiger partial charge in [0.2, 0.25) is 0 Å². The third-order valence-electron chi connectivity index (χ3n) is 3.24. The van der Waals surface area contributed by atoms with Gasteiger partial charge in [0.25, 0.3) is 0 Å². The molecule has 0 unspecified atom stereocenters. The van der Waals surface area contributed by atoms with Crippen LogP contribution < -0.4 is 0 Å². The van der Waals surface area contributed by atoms with E-state index in [1.807, 2.05) is 18.2 Å². The van der Waals surface area contributed by atoms with Gasteiger partial charge >= 0.3 is 5.97 Å². The fraction of sp³-hybridized carbons (Fsp3) is 0.250. The molecule has 1 N–H and O–H groups in total. The second kappa shape index (κ2) is 6.70. The number of halogens is 1. The number of methoxy groups -OCH3 is 1. The number of carbonyl (C=O) groups excluding carboxylic acids is 2. The number of ketones is 1. The smallest absolute Gasteiger partial charge is 0.313 e. The Morgan fingerprint density at radius 1 is 1.24 bits per heavy atom. The van der Waals surface area contributed by atoms with Gasteiger partial charge in [0.15, 0.2) is 0 Å². The summed E-state index contributed by atoms with van der Waals surface area (Å²) in [5.41, 5.74) is 0.580. The van der Waals surface area contributed by atoms with Crippen molar-refractivity contribution in [2.24, 2.45) is 0 Å². The maximum absolute atomic E-state index is 11.7. The predicted octanol–water partition coefficient (Wildman–Crippen LogP) is 3.05. The van der Waals surface area contributed by atoms with Crippen LogP contribution in [0.2, 0.25) is 5.02 Å². The third-order valence-corrected chi connectivity index (χ3v) is 3.55. The third kappa shape index (κ3) is 3.60. The summed E-state index contributed by atoms with van der Waals surface area (Å²) in [4.78, 5) is 22.8. The van der Waals surface area contributed by atoms with E-state index in [1.165, 1.54) is 7.11 Å². The van der Waals surface area contributed by atoms with Crippen molar-refractivity contribution >= 4 is 34.1 Å². The highest BCUT2D eigenvalue weighted by Gasteiger charge is 2.18. The minimum absolute atomic E-state index is 0.153. The minimum Gasteiger partial charge on any atom is -0.469 e. The summed E-state index contributed by atoms with van der Waals surface area (Å²) >= 11 is 6.18. The van der Waals surface area contributed by atoms with Gasteiger partial charge in [0.05, 0.1) is 13.2 Å². The number of aliphatic hydroxyl groups excluding tert-OH is 1. The molecule has 0 radical (unpaired) electrons. The van der Waals surface area contributed by atoms with Crippen LogP contribution in [-0.4, -0.2) is 24.0 Å². The average molecular weight is 307 g/mol. The van der Waals surface area contributed by atoms with Crippen LogP contribution in [0.15, 0.2) is 36.4 Å². The first-order valence-corrected chi connectivity index (χ1v) is 6.84. The molecule has 0 heterocycles. The number of hydrogen-bond acceptors (Lipinski definition) is 4. The van der Waals surface area contributed by atoms with Crippen LogP contribution in [-0.2, 0) is 14.3 Å². The molecule has 0 spiro atoms. The van der Waals surface area contributed by atoms with E-state index in [0.29, 0.717) is 10.6 Å². The molecule has 0 saturated carbocycles. The van der Waals surface area contributed by atoms with Crippen molar-refractivity contribution in [2.45, 2.75) is 18.9 Å². The SMILES string of the molecule is COC(=O)CC(=O)C[C@H](O)c1cccc2cccc(Cl)c12. The molecule has 0 bridgehead atoms. The summed E-state index contributed by atoms with van der Waals surface area (Å²) in [5.74, 6) is -0.985. The van der Waals surface area contributed by atoms with E-state index in [9.17, 15) is 14.7 Å². The van der Waals surface area contributed by atoms with Crippen LogP contribution in [0.1, 0.15) is 24.5 Å². The first kappa shape index (κ1) is 15.5. The van der Waals surface area contributed by atoms with Crippen LogP contribution in [0.4, 0.5) is 0 Å². The van der Waals surface area contributed by atoms with E-state index in [1.54, 1.807) is 18.2 Å². The molecular weight excluding hydrogens is 292 g/mol. The van der Waals surface area contributed by atoms with Crippen molar-refractivity contribution in [1.82, 2.24) is 0 Å². The number of ether oxygens (including phenoxy) is 1. The van der Waals surface area contributed by atoms with Gasteiger partial charge in [-0.15, -0.1) is 0 Å². The van der Waals surface area contributed by atoms with Gasteiger partial charge in [0.1, 0.15) is 12.2 Å². The van der Waals surface area contributed by atoms with Crippen LogP contribution >= 0.6 is 11.6 Å². The summed E-state index contributed by atoms with van der Waals surface area (Å²) in [6.07, 6.45) is -1.50. The molecule has 0 saturated heterocycles. The fourth-order valence-corrected chi connectivity index (χ4v) is 2.52. The minimum atomic E-state index is -1.01. The molecule has 0 aromatic heterocycles. The van der Waals surface area contributed by atoms with Gasteiger partial charge in [-0.3, -0.25) is 9.59 Å². The quantitative estimate of drug-likeness (QED) is 0.681. The van der Waals surface area contributed by atoms with Crippen LogP contribution in [0.25, 0.3) is 10.8 Å². The molecule has 4 nitrogen and oxygen atoms in total. The van der Waals surface area contributed by atoms with Gasteiger partial charge in [-0.2, -0.15) is 0 Å². The molecule has 0 fully saturated rings. The number of rotatable bonds is 5. The normalized spacial score (nSPS) is 12.1. The topological polar surface area (TPSA) is 63.6 Å². The molecule has 21 heavy (non-hydrogen) atoms. The van der Waals surface area contributed by atoms with Crippen LogP contribution in [0, 0.1) is 0 Å². The Bertz CT molecular complexity index is 676. The lowest BCUT2D eigenvalue weighted by Crippen LogP contribution is -2.13. The Morgan fingerprint density at radius 3 is 2.57 bits per heavy atom. The van der Waals surface area contributed by atoms with E-state index in [0.717, 1.165) is 10.8 Å². The lowest BCUT2D eigenvalue weighted by atomic mass is 9.97. The number of esters is 1. The fourth-order valence-electron chi connectivity index (χ4n) is 2.23. The molecule has 2 aromatic carbocycles. The van der Waals surface area contributed by atoms with Crippen molar-refractivity contribution in [3.63, 3.8) is 0 Å². The Hall–Kier alpha value is -1.91. The van der Waals surface area contributed by atoms with Crippen molar-refractivity contribution in [3.05, 3.63) is 47.0 Å². The maximum Gasteiger partial charge on any atom is 0.313 e. The van der Waals surface area contributed by atoms with E-state index < -0.39 is 12.1 Å². The summed E-state index contributed by atoms with van der Waals surface area (Å²) in [7, 11) is 1.22. The van der Waals surface area contributed by atoms with Crippen LogP contribution in [0.5, 0.6) is 0 Å². The van der Waals surface area contributed by atoms with Crippen molar-refractivity contribution < 1.29 is 19.4 Å². The Labute approximate surface area is 127 Å². The molecule has 0 amide bonds. The number of Topliss-reactive ketones (excluding diaryl/α,β-unsaturated/α-hetero) is 1. The van der Waals surface area contributed by atoms with Crippen molar-refractivity contribution in [2.75, 3.05) is 7.11 Å². The first-order chi connectivity index (χ1) is 10.0. The Balaban J connectivity index is 2.26. The molecule has 0 aliphatic rings. The molecule has 2 aromatic rings. The summed E-state index contributed by atoms with van der Waals surface area (Å²) < 4.78 is 4.43. The highest BCUT2D eigenvalue weighted by molar-refractivity contribution is 6.35. The molecule has 1 atom stereocenters. The van der Waals surface area contributed by atoms with Crippen molar-refractivity contribution in [1.29, 1.82) is 0 Å². The molecule has 110 valence electrons. The molecule has 2 rings (SSSR count). The molecular formula is C16H15ClO4. The van der Waals surface area contributed by atoms with Crippen molar-refractivity contribution in [3.8, 4) is 0 Å². The van der Waals surface area contributed by atoms with Gasteiger partial charge in [-0.25, -0.2) is 0 Å². The second-order valence-electron chi connectivity index (χ2n) is 4.70. The number of hydrogen-bond donors (Lipinski definition) is 1. The van der Waals surface area contributed by atoms with Gasteiger partial charge < -0.3 is 9.84 Å². The number of benzene rings is 2. The van der Waals surface area contributed by atoms with E-state index in [2.05, 4.69) is 4.74 Å². The lowest BCUT2D eigenvalue weighted by molar-refractivity contribution is -0.143. The van der Waals surface area contributed by atoms with E-state index in [-0.39, 0.29) is 18.6 Å². The standard InChI is InChI=1S/C16H15ClO4/c1-21-15(20)9-11(18)8-14(19)12-6-2-4-10-5-3-7-13(17)16(10)12/h2-7,14,19H,8-9H2,1H3/t14-/m0/s1. The Kier molecular flexibility index (Phi) is 4.94. The molecule has 0 aliphatic carbocycles. The monoisotopic (exact) mass is 306 g/mol. The van der Waals surface area contributed by atoms with E-state index >= 15 is 0 Å². The average Bonchev–Trinajstić information content (AvgIpc) is 2.46. The largest absolute Gasteiger partial charge is 0.469 e. The highest BCUT2D eigenvalue weighted by atomic mass is 35.5. The summed E-state index contributed by atoms with van der Waals surface area (Å²) in [5, 5.41) is 12.4. The summed E-state index contributed by atoms with van der Waals surface area (Å²) in [6, 6.07) is 10.8. The van der Waals surface area contributed by atoms with Crippen LogP contribution in [0.3, 0.4) is 0 Å². The second-order valence-corrected chi connectivity index (χ2v) is 5.10. The van der Waals surface area contributed by atoms with Gasteiger partial charge in [-0.1, -0.05) is 41.9 Å². The van der Waals surface area contributed by atoms with Gasteiger partial charge in [-0.05, 0) is 17.0 Å². The number of carbonyl (C=O) groups is 2. The molecule has 5 heteroatoms. The molecule has 0 aliphatic heterocycles. The zero-order valence-corrected chi connectivity index (χ0v) is 12.3. The first-order valence-electron chi connectivity index (χ1n) is 6.46. The maximum atomic E-state index is 11.7. The number of fused-ring (bicyclic) bond motifs is 1. The highest BCUT2D eigenvalue weighted by Crippen LogP contribution is 2.32. The summed E-state index contributed by atoms with van der Waals surface area (Å²) in [6.45, 7) is 0.